The fraction of sp³-hybridized carbons (Fsp3) is 0.381. The van der Waals surface area contributed by atoms with Crippen LogP contribution in [0.1, 0.15) is 47.7 Å². The molecule has 7 heteroatoms. The fourth-order valence-corrected chi connectivity index (χ4v) is 3.65. The largest absolute Gasteiger partial charge is 0.376 e. The van der Waals surface area contributed by atoms with Crippen LogP contribution in [0.25, 0.3) is 22.4 Å². The Hall–Kier alpha value is -2.80. The lowest BCUT2D eigenvalue weighted by Crippen LogP contribution is -2.32. The van der Waals surface area contributed by atoms with Crippen molar-refractivity contribution in [3.63, 3.8) is 0 Å². The van der Waals surface area contributed by atoms with Gasteiger partial charge in [-0.25, -0.2) is 9.37 Å². The van der Waals surface area contributed by atoms with Crippen LogP contribution in [0.3, 0.4) is 0 Å². The minimum absolute atomic E-state index is 0.0585. The van der Waals surface area contributed by atoms with Crippen molar-refractivity contribution in [1.29, 1.82) is 0 Å². The number of rotatable bonds is 5. The molecule has 1 aromatic carbocycles. The molecule has 2 fully saturated rings. The Balaban J connectivity index is 1.55. The predicted molar refractivity (Wildman–Crippen MR) is 100 cm³/mol. The Morgan fingerprint density at radius 3 is 2.75 bits per heavy atom. The van der Waals surface area contributed by atoms with E-state index in [9.17, 15) is 9.18 Å². The summed E-state index contributed by atoms with van der Waals surface area (Å²) >= 11 is 0. The van der Waals surface area contributed by atoms with Gasteiger partial charge >= 0.3 is 0 Å². The second-order valence-electron chi connectivity index (χ2n) is 7.43. The molecule has 3 aromatic rings. The van der Waals surface area contributed by atoms with Gasteiger partial charge in [-0.15, -0.1) is 0 Å². The summed E-state index contributed by atoms with van der Waals surface area (Å²) in [7, 11) is 0. The molecule has 1 saturated carbocycles. The smallest absolute Gasteiger partial charge is 0.259 e. The van der Waals surface area contributed by atoms with E-state index < -0.39 is 0 Å². The zero-order chi connectivity index (χ0) is 19.1. The SMILES string of the molecule is O=C(NCC1CCCO1)c1cc(C2CC2)nc2onc(-c3ccc(F)cc3)c12. The molecule has 0 radical (unpaired) electrons. The van der Waals surface area contributed by atoms with Gasteiger partial charge in [0.2, 0.25) is 0 Å². The minimum atomic E-state index is -0.333. The number of carbonyl (C=O) groups excluding carboxylic acids is 1. The van der Waals surface area contributed by atoms with Crippen molar-refractivity contribution in [3.05, 3.63) is 47.4 Å². The van der Waals surface area contributed by atoms with Gasteiger partial charge in [0.15, 0.2) is 0 Å². The van der Waals surface area contributed by atoms with Gasteiger partial charge in [-0.3, -0.25) is 4.79 Å². The number of carbonyl (C=O) groups is 1. The summed E-state index contributed by atoms with van der Waals surface area (Å²) in [5.41, 5.74) is 2.86. The van der Waals surface area contributed by atoms with Gasteiger partial charge < -0.3 is 14.6 Å². The molecule has 1 atom stereocenters. The summed E-state index contributed by atoms with van der Waals surface area (Å²) in [4.78, 5) is 17.6. The second-order valence-corrected chi connectivity index (χ2v) is 7.43. The molecule has 6 nitrogen and oxygen atoms in total. The van der Waals surface area contributed by atoms with E-state index in [1.165, 1.54) is 12.1 Å². The predicted octanol–water partition coefficient (Wildman–Crippen LogP) is 3.82. The Morgan fingerprint density at radius 1 is 1.21 bits per heavy atom. The first-order chi connectivity index (χ1) is 13.7. The molecule has 1 saturated heterocycles. The highest BCUT2D eigenvalue weighted by Crippen LogP contribution is 2.41. The van der Waals surface area contributed by atoms with Gasteiger partial charge in [0, 0.05) is 30.3 Å². The summed E-state index contributed by atoms with van der Waals surface area (Å²) in [6.07, 6.45) is 4.16. The van der Waals surface area contributed by atoms with Crippen molar-refractivity contribution in [2.75, 3.05) is 13.2 Å². The molecule has 1 unspecified atom stereocenters. The highest BCUT2D eigenvalue weighted by atomic mass is 19.1. The number of pyridine rings is 1. The molecule has 1 aliphatic heterocycles. The van der Waals surface area contributed by atoms with Crippen molar-refractivity contribution in [2.45, 2.75) is 37.7 Å². The Kier molecular flexibility index (Phi) is 4.31. The van der Waals surface area contributed by atoms with E-state index in [1.54, 1.807) is 12.1 Å². The third-order valence-electron chi connectivity index (χ3n) is 5.34. The molecule has 5 rings (SSSR count). The third-order valence-corrected chi connectivity index (χ3v) is 5.34. The van der Waals surface area contributed by atoms with E-state index in [0.717, 1.165) is 38.0 Å². The molecule has 144 valence electrons. The third kappa shape index (κ3) is 3.26. The summed E-state index contributed by atoms with van der Waals surface area (Å²) in [6.45, 7) is 1.21. The Labute approximate surface area is 161 Å². The molecule has 1 aliphatic carbocycles. The summed E-state index contributed by atoms with van der Waals surface area (Å²) in [5.74, 6) is -0.162. The highest BCUT2D eigenvalue weighted by Gasteiger charge is 2.29. The van der Waals surface area contributed by atoms with Crippen LogP contribution in [-0.4, -0.2) is 35.3 Å². The number of amides is 1. The van der Waals surface area contributed by atoms with Crippen LogP contribution in [0.5, 0.6) is 0 Å². The fourth-order valence-electron chi connectivity index (χ4n) is 3.65. The van der Waals surface area contributed by atoms with E-state index in [4.69, 9.17) is 9.26 Å². The molecular weight excluding hydrogens is 361 g/mol. The highest BCUT2D eigenvalue weighted by molar-refractivity contribution is 6.09. The van der Waals surface area contributed by atoms with Crippen LogP contribution in [0, 0.1) is 5.82 Å². The van der Waals surface area contributed by atoms with Gasteiger partial charge in [-0.1, -0.05) is 5.16 Å². The number of hydrogen-bond donors (Lipinski definition) is 1. The monoisotopic (exact) mass is 381 g/mol. The van der Waals surface area contributed by atoms with E-state index >= 15 is 0 Å². The van der Waals surface area contributed by atoms with Crippen LogP contribution < -0.4 is 5.32 Å². The van der Waals surface area contributed by atoms with Crippen LogP contribution in [-0.2, 0) is 4.74 Å². The van der Waals surface area contributed by atoms with Gasteiger partial charge in [0.1, 0.15) is 11.5 Å². The molecular formula is C21H20FN3O3. The molecule has 1 N–H and O–H groups in total. The molecule has 0 bridgehead atoms. The maximum absolute atomic E-state index is 13.3. The van der Waals surface area contributed by atoms with E-state index in [-0.39, 0.29) is 17.8 Å². The Bertz CT molecular complexity index is 1020. The molecule has 2 aliphatic rings. The maximum atomic E-state index is 13.3. The zero-order valence-corrected chi connectivity index (χ0v) is 15.3. The standard InChI is InChI=1S/C21H20FN3O3/c22-14-7-5-13(6-8-14)19-18-16(20(26)23-11-15-2-1-9-27-15)10-17(12-3-4-12)24-21(18)28-25-19/h5-8,10,12,15H,1-4,9,11H2,(H,23,26). The minimum Gasteiger partial charge on any atom is -0.376 e. The number of aromatic nitrogens is 2. The molecule has 0 spiro atoms. The van der Waals surface area contributed by atoms with Crippen molar-refractivity contribution < 1.29 is 18.4 Å². The van der Waals surface area contributed by atoms with Crippen molar-refractivity contribution in [1.82, 2.24) is 15.5 Å². The number of benzene rings is 1. The topological polar surface area (TPSA) is 77.2 Å². The van der Waals surface area contributed by atoms with Crippen molar-refractivity contribution >= 4 is 17.0 Å². The molecule has 28 heavy (non-hydrogen) atoms. The summed E-state index contributed by atoms with van der Waals surface area (Å²) in [5, 5.41) is 7.66. The first-order valence-electron chi connectivity index (χ1n) is 9.65. The molecule has 1 amide bonds. The van der Waals surface area contributed by atoms with E-state index in [2.05, 4.69) is 15.5 Å². The Morgan fingerprint density at radius 2 is 2.04 bits per heavy atom. The van der Waals surface area contributed by atoms with Crippen molar-refractivity contribution in [2.24, 2.45) is 0 Å². The first-order valence-corrected chi connectivity index (χ1v) is 9.65. The van der Waals surface area contributed by atoms with Crippen molar-refractivity contribution in [3.8, 4) is 11.3 Å². The summed E-state index contributed by atoms with van der Waals surface area (Å²) < 4.78 is 24.4. The maximum Gasteiger partial charge on any atom is 0.259 e. The quantitative estimate of drug-likeness (QED) is 0.727. The lowest BCUT2D eigenvalue weighted by molar-refractivity contribution is 0.0859. The lowest BCUT2D eigenvalue weighted by Gasteiger charge is -2.12. The number of hydrogen-bond acceptors (Lipinski definition) is 5. The first kappa shape index (κ1) is 17.3. The molecule has 2 aromatic heterocycles. The molecule has 3 heterocycles. The number of fused-ring (bicyclic) bond motifs is 1. The van der Waals surface area contributed by atoms with E-state index in [0.29, 0.717) is 40.4 Å². The summed E-state index contributed by atoms with van der Waals surface area (Å²) in [6, 6.07) is 7.80. The zero-order valence-electron chi connectivity index (χ0n) is 15.3. The normalized spacial score (nSPS) is 19.2. The van der Waals surface area contributed by atoms with Crippen LogP contribution in [0.2, 0.25) is 0 Å². The lowest BCUT2D eigenvalue weighted by atomic mass is 10.0. The van der Waals surface area contributed by atoms with Crippen LogP contribution in [0.15, 0.2) is 34.9 Å². The van der Waals surface area contributed by atoms with E-state index in [1.807, 2.05) is 6.07 Å². The second kappa shape index (κ2) is 6.98. The van der Waals surface area contributed by atoms with Crippen LogP contribution in [0.4, 0.5) is 4.39 Å². The average Bonchev–Trinajstić information content (AvgIpc) is 3.26. The van der Waals surface area contributed by atoms with Crippen LogP contribution >= 0.6 is 0 Å². The number of halogens is 1. The number of nitrogens with zero attached hydrogens (tertiary/aromatic N) is 2. The van der Waals surface area contributed by atoms with Gasteiger partial charge in [0.05, 0.1) is 17.1 Å². The average molecular weight is 381 g/mol. The van der Waals surface area contributed by atoms with Gasteiger partial charge in [-0.2, -0.15) is 0 Å². The van der Waals surface area contributed by atoms with Gasteiger partial charge in [0.25, 0.3) is 11.6 Å². The van der Waals surface area contributed by atoms with Gasteiger partial charge in [-0.05, 0) is 56.0 Å². The number of ether oxygens (including phenoxy) is 1. The number of nitrogens with one attached hydrogen (secondary N) is 1.